The lowest BCUT2D eigenvalue weighted by Gasteiger charge is -2.36. The number of anilines is 1. The van der Waals surface area contributed by atoms with E-state index in [9.17, 15) is 9.59 Å². The van der Waals surface area contributed by atoms with Crippen molar-refractivity contribution in [2.75, 3.05) is 50.8 Å². The van der Waals surface area contributed by atoms with Crippen molar-refractivity contribution in [1.29, 1.82) is 0 Å². The van der Waals surface area contributed by atoms with E-state index in [-0.39, 0.29) is 18.3 Å². The molecule has 0 spiro atoms. The average molecular weight is 590 g/mol. The summed E-state index contributed by atoms with van der Waals surface area (Å²) in [5.41, 5.74) is 1.44. The number of aromatic nitrogens is 1. The van der Waals surface area contributed by atoms with Crippen molar-refractivity contribution in [1.82, 2.24) is 14.4 Å². The first kappa shape index (κ1) is 30.0. The Kier molecular flexibility index (Phi) is 10.6. The molecule has 40 heavy (non-hydrogen) atoms. The number of unbranched alkanes of at least 4 members (excludes halogenated alkanes) is 1. The van der Waals surface area contributed by atoms with Crippen LogP contribution in [0, 0.1) is 0 Å². The van der Waals surface area contributed by atoms with Gasteiger partial charge in [-0.3, -0.25) is 14.3 Å². The summed E-state index contributed by atoms with van der Waals surface area (Å²) in [6.45, 7) is 11.5. The third kappa shape index (κ3) is 7.42. The Bertz CT molecular complexity index is 1360. The van der Waals surface area contributed by atoms with Crippen LogP contribution < -0.4 is 15.2 Å². The Morgan fingerprint density at radius 2 is 1.77 bits per heavy atom. The van der Waals surface area contributed by atoms with Crippen LogP contribution in [0.5, 0.6) is 5.75 Å². The molecule has 216 valence electrons. The summed E-state index contributed by atoms with van der Waals surface area (Å²) in [7, 11) is 0. The molecule has 0 N–H and O–H groups in total. The fourth-order valence-corrected chi connectivity index (χ4v) is 5.39. The van der Waals surface area contributed by atoms with E-state index in [2.05, 4.69) is 9.80 Å². The standard InChI is InChI=1S/C30H38Cl2N4O4/c1-4-35(22(2)3)30(38)40-21-36-27-20-24(12-10-23(27)11-13-28(36)37)39-19-6-5-14-33-15-17-34(18-16-33)26-9-7-8-25(31)29(26)32/h7-13,20,22H,4-6,14-19,21H2,1-3H3. The van der Waals surface area contributed by atoms with E-state index in [1.165, 1.54) is 10.6 Å². The highest BCUT2D eigenvalue weighted by Gasteiger charge is 2.20. The predicted molar refractivity (Wildman–Crippen MR) is 162 cm³/mol. The fourth-order valence-electron chi connectivity index (χ4n) is 4.98. The zero-order valence-electron chi connectivity index (χ0n) is 23.4. The third-order valence-electron chi connectivity index (χ3n) is 7.26. The van der Waals surface area contributed by atoms with Crippen LogP contribution in [0.3, 0.4) is 0 Å². The first-order valence-corrected chi connectivity index (χ1v) is 14.6. The van der Waals surface area contributed by atoms with Crippen LogP contribution in [0.2, 0.25) is 10.0 Å². The summed E-state index contributed by atoms with van der Waals surface area (Å²) in [5, 5.41) is 2.08. The van der Waals surface area contributed by atoms with E-state index in [0.29, 0.717) is 34.5 Å². The van der Waals surface area contributed by atoms with E-state index >= 15 is 0 Å². The van der Waals surface area contributed by atoms with Gasteiger partial charge in [0.15, 0.2) is 6.73 Å². The molecule has 1 aliphatic rings. The third-order valence-corrected chi connectivity index (χ3v) is 8.07. The van der Waals surface area contributed by atoms with E-state index in [1.807, 2.05) is 57.2 Å². The van der Waals surface area contributed by atoms with Gasteiger partial charge in [-0.25, -0.2) is 4.79 Å². The lowest BCUT2D eigenvalue weighted by molar-refractivity contribution is 0.0690. The highest BCUT2D eigenvalue weighted by molar-refractivity contribution is 6.43. The summed E-state index contributed by atoms with van der Waals surface area (Å²) >= 11 is 12.6. The minimum absolute atomic E-state index is 0.0133. The van der Waals surface area contributed by atoms with Crippen LogP contribution in [0.1, 0.15) is 33.6 Å². The average Bonchev–Trinajstić information content (AvgIpc) is 2.94. The molecule has 0 aliphatic carbocycles. The number of rotatable bonds is 11. The second-order valence-corrected chi connectivity index (χ2v) is 11.0. The number of fused-ring (bicyclic) bond motifs is 1. The second-order valence-electron chi connectivity index (χ2n) is 10.2. The molecule has 4 rings (SSSR count). The van der Waals surface area contributed by atoms with Crippen LogP contribution in [-0.2, 0) is 11.5 Å². The van der Waals surface area contributed by atoms with Crippen molar-refractivity contribution in [2.24, 2.45) is 0 Å². The monoisotopic (exact) mass is 588 g/mol. The number of piperazine rings is 1. The number of carbonyl (C=O) groups is 1. The highest BCUT2D eigenvalue weighted by atomic mass is 35.5. The number of hydrogen-bond donors (Lipinski definition) is 0. The lowest BCUT2D eigenvalue weighted by atomic mass is 10.2. The topological polar surface area (TPSA) is 67.2 Å². The summed E-state index contributed by atoms with van der Waals surface area (Å²) in [5.74, 6) is 0.683. The van der Waals surface area contributed by atoms with E-state index in [1.54, 1.807) is 11.0 Å². The SMILES string of the molecule is CCN(C(=O)OCn1c(=O)ccc2ccc(OCCCCN3CCN(c4cccc(Cl)c4Cl)CC3)cc21)C(C)C. The van der Waals surface area contributed by atoms with Gasteiger partial charge in [0.2, 0.25) is 0 Å². The Morgan fingerprint density at radius 3 is 2.50 bits per heavy atom. The van der Waals surface area contributed by atoms with E-state index < -0.39 is 6.09 Å². The summed E-state index contributed by atoms with van der Waals surface area (Å²) in [6.07, 6.45) is 1.50. The smallest absolute Gasteiger partial charge is 0.411 e. The number of nitrogens with zero attached hydrogens (tertiary/aromatic N) is 4. The normalized spacial score (nSPS) is 14.1. The number of amides is 1. The molecule has 1 aromatic heterocycles. The van der Waals surface area contributed by atoms with Crippen molar-refractivity contribution in [2.45, 2.75) is 46.4 Å². The highest BCUT2D eigenvalue weighted by Crippen LogP contribution is 2.33. The van der Waals surface area contributed by atoms with Crippen LogP contribution in [0.4, 0.5) is 10.5 Å². The van der Waals surface area contributed by atoms with Crippen molar-refractivity contribution in [3.63, 3.8) is 0 Å². The largest absolute Gasteiger partial charge is 0.494 e. The number of hydrogen-bond acceptors (Lipinski definition) is 6. The minimum Gasteiger partial charge on any atom is -0.494 e. The summed E-state index contributed by atoms with van der Waals surface area (Å²) in [4.78, 5) is 31.4. The number of pyridine rings is 1. The molecule has 2 heterocycles. The Hall–Kier alpha value is -2.94. The Morgan fingerprint density at radius 1 is 1.02 bits per heavy atom. The van der Waals surface area contributed by atoms with E-state index in [4.69, 9.17) is 32.7 Å². The molecule has 0 radical (unpaired) electrons. The summed E-state index contributed by atoms with van der Waals surface area (Å²) < 4.78 is 13.0. The minimum atomic E-state index is -0.441. The maximum absolute atomic E-state index is 12.6. The van der Waals surface area contributed by atoms with Gasteiger partial charge in [-0.2, -0.15) is 0 Å². The number of ether oxygens (including phenoxy) is 2. The molecule has 1 aliphatic heterocycles. The molecule has 0 saturated carbocycles. The van der Waals surface area contributed by atoms with Crippen molar-refractivity contribution in [3.05, 3.63) is 68.9 Å². The van der Waals surface area contributed by atoms with Gasteiger partial charge in [0.25, 0.3) is 5.56 Å². The van der Waals surface area contributed by atoms with Crippen LogP contribution >= 0.6 is 23.2 Å². The van der Waals surface area contributed by atoms with E-state index in [0.717, 1.165) is 56.6 Å². The first-order valence-electron chi connectivity index (χ1n) is 13.9. The summed E-state index contributed by atoms with van der Waals surface area (Å²) in [6, 6.07) is 14.7. The van der Waals surface area contributed by atoms with Crippen LogP contribution in [0.15, 0.2) is 53.3 Å². The molecule has 8 nitrogen and oxygen atoms in total. The fraction of sp³-hybridized carbons (Fsp3) is 0.467. The van der Waals surface area contributed by atoms with Crippen molar-refractivity contribution in [3.8, 4) is 5.75 Å². The molecule has 0 unspecified atom stereocenters. The molecular weight excluding hydrogens is 551 g/mol. The molecule has 1 amide bonds. The van der Waals surface area contributed by atoms with Gasteiger partial charge in [-0.15, -0.1) is 0 Å². The molecule has 0 atom stereocenters. The van der Waals surface area contributed by atoms with Crippen LogP contribution in [0.25, 0.3) is 10.9 Å². The zero-order chi connectivity index (χ0) is 28.6. The van der Waals surface area contributed by atoms with Crippen molar-refractivity contribution < 1.29 is 14.3 Å². The predicted octanol–water partition coefficient (Wildman–Crippen LogP) is 6.11. The lowest BCUT2D eigenvalue weighted by Crippen LogP contribution is -2.46. The molecule has 0 bridgehead atoms. The molecule has 1 saturated heterocycles. The van der Waals surface area contributed by atoms with Crippen LogP contribution in [-0.4, -0.2) is 72.4 Å². The van der Waals surface area contributed by atoms with Gasteiger partial charge in [0.05, 0.1) is 27.9 Å². The molecule has 1 fully saturated rings. The van der Waals surface area contributed by atoms with Gasteiger partial charge in [-0.1, -0.05) is 29.3 Å². The molecule has 10 heteroatoms. The molecule has 2 aromatic carbocycles. The quantitative estimate of drug-likeness (QED) is 0.252. The van der Waals surface area contributed by atoms with Gasteiger partial charge in [0, 0.05) is 50.9 Å². The Balaban J connectivity index is 1.25. The number of halogens is 2. The number of benzene rings is 2. The van der Waals surface area contributed by atoms with Gasteiger partial charge >= 0.3 is 6.09 Å². The van der Waals surface area contributed by atoms with Gasteiger partial charge in [-0.05, 0) is 75.9 Å². The Labute approximate surface area is 246 Å². The molecule has 3 aromatic rings. The zero-order valence-corrected chi connectivity index (χ0v) is 25.0. The molecular formula is C30H38Cl2N4O4. The second kappa shape index (κ2) is 14.1. The van der Waals surface area contributed by atoms with Crippen molar-refractivity contribution >= 4 is 45.9 Å². The van der Waals surface area contributed by atoms with Gasteiger partial charge in [0.1, 0.15) is 5.75 Å². The maximum Gasteiger partial charge on any atom is 0.411 e. The maximum atomic E-state index is 12.6. The van der Waals surface area contributed by atoms with Gasteiger partial charge < -0.3 is 19.3 Å². The number of carbonyl (C=O) groups excluding carboxylic acids is 1. The first-order chi connectivity index (χ1) is 19.3.